The third kappa shape index (κ3) is 6.15. The average Bonchev–Trinajstić information content (AvgIpc) is 2.79. The van der Waals surface area contributed by atoms with Gasteiger partial charge in [-0.2, -0.15) is 0 Å². The van der Waals surface area contributed by atoms with Crippen LogP contribution in [0.15, 0.2) is 91.5 Å². The minimum absolute atomic E-state index is 0.0432. The molecule has 0 spiro atoms. The Bertz CT molecular complexity index is 1060. The largest absolute Gasteiger partial charge is 0.490 e. The maximum Gasteiger partial charge on any atom is 0.246 e. The zero-order valence-corrected chi connectivity index (χ0v) is 18.5. The molecule has 3 aromatic carbocycles. The summed E-state index contributed by atoms with van der Waals surface area (Å²) >= 11 is 0. The number of carbonyl (C=O) groups excluding carboxylic acids is 2. The summed E-state index contributed by atoms with van der Waals surface area (Å²) in [6.45, 7) is 6.19. The van der Waals surface area contributed by atoms with E-state index < -0.39 is 6.04 Å². The summed E-state index contributed by atoms with van der Waals surface area (Å²) in [4.78, 5) is 27.0. The van der Waals surface area contributed by atoms with E-state index in [1.165, 1.54) is 6.92 Å². The van der Waals surface area contributed by atoms with Gasteiger partial charge in [-0.3, -0.25) is 14.5 Å². The summed E-state index contributed by atoms with van der Waals surface area (Å²) in [5, 5.41) is 2.97. The van der Waals surface area contributed by atoms with Crippen LogP contribution in [0, 0.1) is 0 Å². The first-order chi connectivity index (χ1) is 15.5. The van der Waals surface area contributed by atoms with Gasteiger partial charge in [-0.25, -0.2) is 0 Å². The van der Waals surface area contributed by atoms with Crippen LogP contribution in [0.2, 0.25) is 0 Å². The van der Waals surface area contributed by atoms with E-state index in [2.05, 4.69) is 11.9 Å². The SMILES string of the molecule is C=CCOc1ccc(CN(C)[C@@H](C(=O)Nc2cccc(C(C)=O)c2)c2ccccc2)cc1. The van der Waals surface area contributed by atoms with E-state index in [1.54, 1.807) is 30.3 Å². The van der Waals surface area contributed by atoms with Crippen LogP contribution in [0.25, 0.3) is 0 Å². The predicted octanol–water partition coefficient (Wildman–Crippen LogP) is 5.27. The summed E-state index contributed by atoms with van der Waals surface area (Å²) in [7, 11) is 1.92. The monoisotopic (exact) mass is 428 g/mol. The van der Waals surface area contributed by atoms with Gasteiger partial charge < -0.3 is 10.1 Å². The van der Waals surface area contributed by atoms with E-state index in [-0.39, 0.29) is 11.7 Å². The molecule has 3 rings (SSSR count). The van der Waals surface area contributed by atoms with Gasteiger partial charge in [0.1, 0.15) is 18.4 Å². The van der Waals surface area contributed by atoms with Gasteiger partial charge in [0.05, 0.1) is 0 Å². The minimum atomic E-state index is -0.506. The van der Waals surface area contributed by atoms with Crippen molar-refractivity contribution in [1.29, 1.82) is 0 Å². The maximum absolute atomic E-state index is 13.3. The molecule has 1 N–H and O–H groups in total. The first kappa shape index (κ1) is 23.0. The number of nitrogens with zero attached hydrogens (tertiary/aromatic N) is 1. The van der Waals surface area contributed by atoms with Crippen LogP contribution in [0.4, 0.5) is 5.69 Å². The Morgan fingerprint density at radius 3 is 2.41 bits per heavy atom. The summed E-state index contributed by atoms with van der Waals surface area (Å²) in [5.74, 6) is 0.572. The lowest BCUT2D eigenvalue weighted by Crippen LogP contribution is -2.34. The molecule has 5 heteroatoms. The number of Topliss-reactive ketones (excluding diaryl/α,β-unsaturated/α-hetero) is 1. The number of likely N-dealkylation sites (N-methyl/N-ethyl adjacent to an activating group) is 1. The molecule has 164 valence electrons. The van der Waals surface area contributed by atoms with Crippen molar-refractivity contribution in [2.75, 3.05) is 19.0 Å². The number of rotatable bonds is 10. The van der Waals surface area contributed by atoms with Crippen LogP contribution in [0.5, 0.6) is 5.75 Å². The Labute approximate surface area is 189 Å². The van der Waals surface area contributed by atoms with Crippen molar-refractivity contribution in [3.8, 4) is 5.75 Å². The second-order valence-electron chi connectivity index (χ2n) is 7.60. The van der Waals surface area contributed by atoms with Crippen molar-refractivity contribution in [3.63, 3.8) is 0 Å². The fourth-order valence-electron chi connectivity index (χ4n) is 3.49. The molecule has 1 amide bonds. The number of hydrogen-bond donors (Lipinski definition) is 1. The summed E-state index contributed by atoms with van der Waals surface area (Å²) in [6.07, 6.45) is 1.71. The van der Waals surface area contributed by atoms with Crippen LogP contribution < -0.4 is 10.1 Å². The molecule has 0 aliphatic heterocycles. The van der Waals surface area contributed by atoms with Crippen molar-refractivity contribution >= 4 is 17.4 Å². The number of benzene rings is 3. The molecule has 0 bridgehead atoms. The molecular weight excluding hydrogens is 400 g/mol. The Balaban J connectivity index is 1.79. The van der Waals surface area contributed by atoms with Crippen LogP contribution in [0.3, 0.4) is 0 Å². The Morgan fingerprint density at radius 1 is 1.03 bits per heavy atom. The lowest BCUT2D eigenvalue weighted by Gasteiger charge is -2.28. The standard InChI is InChI=1S/C27H28N2O3/c1-4-17-32-25-15-13-21(14-16-25)19-29(3)26(22-9-6-5-7-10-22)27(31)28-24-12-8-11-23(18-24)20(2)30/h4-16,18,26H,1,17,19H2,2-3H3,(H,28,31)/t26-/m1/s1. The van der Waals surface area contributed by atoms with Gasteiger partial charge in [0.2, 0.25) is 5.91 Å². The molecular formula is C27H28N2O3. The van der Waals surface area contributed by atoms with Crippen molar-refractivity contribution in [1.82, 2.24) is 4.90 Å². The topological polar surface area (TPSA) is 58.6 Å². The molecule has 0 saturated carbocycles. The number of hydrogen-bond acceptors (Lipinski definition) is 4. The second kappa shape index (κ2) is 11.1. The first-order valence-corrected chi connectivity index (χ1v) is 10.5. The van der Waals surface area contributed by atoms with Crippen molar-refractivity contribution in [2.45, 2.75) is 19.5 Å². The highest BCUT2D eigenvalue weighted by atomic mass is 16.5. The summed E-state index contributed by atoms with van der Waals surface area (Å²) in [5.41, 5.74) is 3.11. The quantitative estimate of drug-likeness (QED) is 0.353. The number of anilines is 1. The number of nitrogens with one attached hydrogen (secondary N) is 1. The van der Waals surface area contributed by atoms with Gasteiger partial charge in [-0.15, -0.1) is 0 Å². The van der Waals surface area contributed by atoms with Crippen LogP contribution >= 0.6 is 0 Å². The Hall–Kier alpha value is -3.70. The average molecular weight is 429 g/mol. The molecule has 5 nitrogen and oxygen atoms in total. The van der Waals surface area contributed by atoms with E-state index in [0.29, 0.717) is 24.4 Å². The zero-order chi connectivity index (χ0) is 22.9. The molecule has 1 atom stereocenters. The lowest BCUT2D eigenvalue weighted by atomic mass is 10.0. The predicted molar refractivity (Wildman–Crippen MR) is 128 cm³/mol. The van der Waals surface area contributed by atoms with Gasteiger partial charge in [-0.05, 0) is 49.4 Å². The van der Waals surface area contributed by atoms with Gasteiger partial charge in [0.25, 0.3) is 0 Å². The molecule has 0 heterocycles. The lowest BCUT2D eigenvalue weighted by molar-refractivity contribution is -0.121. The fraction of sp³-hybridized carbons (Fsp3) is 0.185. The molecule has 0 aliphatic rings. The summed E-state index contributed by atoms with van der Waals surface area (Å²) in [6, 6.07) is 24.0. The van der Waals surface area contributed by atoms with E-state index in [0.717, 1.165) is 16.9 Å². The number of amides is 1. The number of ketones is 1. The highest BCUT2D eigenvalue weighted by molar-refractivity contribution is 5.98. The summed E-state index contributed by atoms with van der Waals surface area (Å²) < 4.78 is 5.54. The van der Waals surface area contributed by atoms with Gasteiger partial charge in [-0.1, -0.05) is 67.3 Å². The van der Waals surface area contributed by atoms with Gasteiger partial charge in [0, 0.05) is 17.8 Å². The molecule has 0 aromatic heterocycles. The number of carbonyl (C=O) groups is 2. The third-order valence-corrected chi connectivity index (χ3v) is 5.06. The van der Waals surface area contributed by atoms with Crippen molar-refractivity contribution < 1.29 is 14.3 Å². The van der Waals surface area contributed by atoms with Crippen molar-refractivity contribution in [3.05, 3.63) is 108 Å². The van der Waals surface area contributed by atoms with Gasteiger partial charge in [0.15, 0.2) is 5.78 Å². The van der Waals surface area contributed by atoms with Crippen LogP contribution in [-0.2, 0) is 11.3 Å². The maximum atomic E-state index is 13.3. The van der Waals surface area contributed by atoms with Gasteiger partial charge >= 0.3 is 0 Å². The molecule has 3 aromatic rings. The molecule has 0 fully saturated rings. The normalized spacial score (nSPS) is 11.6. The van der Waals surface area contributed by atoms with Crippen molar-refractivity contribution in [2.24, 2.45) is 0 Å². The molecule has 0 unspecified atom stereocenters. The van der Waals surface area contributed by atoms with Crippen LogP contribution in [0.1, 0.15) is 34.5 Å². The zero-order valence-electron chi connectivity index (χ0n) is 18.5. The molecule has 0 aliphatic carbocycles. The Kier molecular flexibility index (Phi) is 7.95. The third-order valence-electron chi connectivity index (χ3n) is 5.06. The van der Waals surface area contributed by atoms with Crippen LogP contribution in [-0.4, -0.2) is 30.2 Å². The van der Waals surface area contributed by atoms with E-state index >= 15 is 0 Å². The van der Waals surface area contributed by atoms with E-state index in [9.17, 15) is 9.59 Å². The molecule has 0 radical (unpaired) electrons. The van der Waals surface area contributed by atoms with E-state index in [4.69, 9.17) is 4.74 Å². The highest BCUT2D eigenvalue weighted by Crippen LogP contribution is 2.24. The Morgan fingerprint density at radius 2 is 1.75 bits per heavy atom. The highest BCUT2D eigenvalue weighted by Gasteiger charge is 2.25. The molecule has 32 heavy (non-hydrogen) atoms. The minimum Gasteiger partial charge on any atom is -0.490 e. The first-order valence-electron chi connectivity index (χ1n) is 10.5. The van der Waals surface area contributed by atoms with E-state index in [1.807, 2.05) is 66.5 Å². The smallest absolute Gasteiger partial charge is 0.246 e. The number of ether oxygens (including phenoxy) is 1. The molecule has 0 saturated heterocycles. The second-order valence-corrected chi connectivity index (χ2v) is 7.60. The fourth-order valence-corrected chi connectivity index (χ4v) is 3.49.